The number of hydrogen-bond acceptors (Lipinski definition) is 6. The van der Waals surface area contributed by atoms with Crippen LogP contribution in [0.1, 0.15) is 61.9 Å². The van der Waals surface area contributed by atoms with Crippen molar-refractivity contribution in [3.8, 4) is 0 Å². The van der Waals surface area contributed by atoms with Crippen LogP contribution in [0.5, 0.6) is 0 Å². The third-order valence-corrected chi connectivity index (χ3v) is 6.43. The van der Waals surface area contributed by atoms with Gasteiger partial charge in [0.05, 0.1) is 18.2 Å². The standard InChI is InChI=1S/C22H28ClN5O3S/c1-6-12(2)15(11-29)24-20(31)16-17-18(28(27-16)22(3,4)5)25-21(32-17)26-19(30)13-8-7-9-14(23)10-13/h7-10,12,15,29H,6,11H2,1-5H3,(H,24,31)(H,25,26,30)/t12-,15+/m0/s1. The molecule has 3 rings (SSSR count). The Labute approximate surface area is 196 Å². The van der Waals surface area contributed by atoms with Gasteiger partial charge in [0.2, 0.25) is 0 Å². The highest BCUT2D eigenvalue weighted by Gasteiger charge is 2.29. The van der Waals surface area contributed by atoms with Crippen molar-refractivity contribution in [2.75, 3.05) is 11.9 Å². The van der Waals surface area contributed by atoms with E-state index >= 15 is 0 Å². The van der Waals surface area contributed by atoms with Gasteiger partial charge in [0.25, 0.3) is 11.8 Å². The van der Waals surface area contributed by atoms with E-state index in [-0.39, 0.29) is 36.1 Å². The number of aliphatic hydroxyl groups is 1. The lowest BCUT2D eigenvalue weighted by Crippen LogP contribution is -2.42. The zero-order valence-corrected chi connectivity index (χ0v) is 20.3. The fourth-order valence-electron chi connectivity index (χ4n) is 3.16. The van der Waals surface area contributed by atoms with Crippen LogP contribution in [-0.4, -0.2) is 44.3 Å². The van der Waals surface area contributed by atoms with Crippen molar-refractivity contribution in [3.63, 3.8) is 0 Å². The second kappa shape index (κ2) is 9.56. The Bertz CT molecular complexity index is 1130. The molecule has 0 aliphatic heterocycles. The van der Waals surface area contributed by atoms with Crippen LogP contribution < -0.4 is 10.6 Å². The van der Waals surface area contributed by atoms with E-state index in [1.165, 1.54) is 11.3 Å². The van der Waals surface area contributed by atoms with Crippen molar-refractivity contribution >= 4 is 50.2 Å². The van der Waals surface area contributed by atoms with Gasteiger partial charge in [0.1, 0.15) is 4.70 Å². The summed E-state index contributed by atoms with van der Waals surface area (Å²) < 4.78 is 2.25. The molecule has 3 aromatic rings. The molecule has 10 heteroatoms. The minimum atomic E-state index is -0.438. The molecule has 0 bridgehead atoms. The Kier molecular flexibility index (Phi) is 7.22. The molecule has 172 valence electrons. The fourth-order valence-corrected chi connectivity index (χ4v) is 4.27. The Hall–Kier alpha value is -2.49. The minimum absolute atomic E-state index is 0.109. The van der Waals surface area contributed by atoms with E-state index in [9.17, 15) is 14.7 Å². The summed E-state index contributed by atoms with van der Waals surface area (Å²) in [5.41, 5.74) is 0.702. The first-order chi connectivity index (χ1) is 15.0. The summed E-state index contributed by atoms with van der Waals surface area (Å²) in [6.07, 6.45) is 0.817. The lowest BCUT2D eigenvalue weighted by molar-refractivity contribution is 0.0886. The molecule has 2 amide bonds. The molecular weight excluding hydrogens is 450 g/mol. The third kappa shape index (κ3) is 5.11. The number of carbonyl (C=O) groups is 2. The molecule has 2 heterocycles. The molecule has 2 atom stereocenters. The van der Waals surface area contributed by atoms with E-state index < -0.39 is 5.54 Å². The second-order valence-electron chi connectivity index (χ2n) is 8.72. The quantitative estimate of drug-likeness (QED) is 0.470. The number of halogens is 1. The van der Waals surface area contributed by atoms with Crippen molar-refractivity contribution in [2.24, 2.45) is 5.92 Å². The van der Waals surface area contributed by atoms with Crippen LogP contribution in [0.15, 0.2) is 24.3 Å². The predicted molar refractivity (Wildman–Crippen MR) is 128 cm³/mol. The van der Waals surface area contributed by atoms with E-state index in [2.05, 4.69) is 20.7 Å². The monoisotopic (exact) mass is 477 g/mol. The van der Waals surface area contributed by atoms with Crippen LogP contribution in [0.25, 0.3) is 10.3 Å². The van der Waals surface area contributed by atoms with Gasteiger partial charge in [0.15, 0.2) is 16.5 Å². The molecule has 0 saturated heterocycles. The molecule has 0 aliphatic rings. The summed E-state index contributed by atoms with van der Waals surface area (Å²) in [6.45, 7) is 9.69. The molecule has 0 saturated carbocycles. The van der Waals surface area contributed by atoms with Crippen molar-refractivity contribution in [1.82, 2.24) is 20.1 Å². The fraction of sp³-hybridized carbons (Fsp3) is 0.455. The number of fused-ring (bicyclic) bond motifs is 1. The lowest BCUT2D eigenvalue weighted by Gasteiger charge is -2.22. The normalized spacial score (nSPS) is 13.7. The second-order valence-corrected chi connectivity index (χ2v) is 10.2. The molecule has 1 aromatic carbocycles. The van der Waals surface area contributed by atoms with E-state index in [1.54, 1.807) is 28.9 Å². The Morgan fingerprint density at radius 1 is 1.28 bits per heavy atom. The smallest absolute Gasteiger partial charge is 0.273 e. The third-order valence-electron chi connectivity index (χ3n) is 5.23. The summed E-state index contributed by atoms with van der Waals surface area (Å²) in [6, 6.07) is 6.25. The first-order valence-corrected chi connectivity index (χ1v) is 11.6. The summed E-state index contributed by atoms with van der Waals surface area (Å²) >= 11 is 7.17. The summed E-state index contributed by atoms with van der Waals surface area (Å²) in [4.78, 5) is 30.2. The summed E-state index contributed by atoms with van der Waals surface area (Å²) in [7, 11) is 0. The van der Waals surface area contributed by atoms with Gasteiger partial charge in [-0.1, -0.05) is 49.3 Å². The topological polar surface area (TPSA) is 109 Å². The molecular formula is C22H28ClN5O3S. The van der Waals surface area contributed by atoms with Crippen molar-refractivity contribution < 1.29 is 14.7 Å². The number of thiazole rings is 1. The number of aliphatic hydroxyl groups excluding tert-OH is 1. The number of hydrogen-bond donors (Lipinski definition) is 3. The SMILES string of the molecule is CC[C@H](C)[C@@H](CO)NC(=O)c1nn(C(C)(C)C)c2nc(NC(=O)c3cccc(Cl)c3)sc12. The molecule has 3 N–H and O–H groups in total. The minimum Gasteiger partial charge on any atom is -0.394 e. The number of anilines is 1. The number of aromatic nitrogens is 3. The maximum Gasteiger partial charge on any atom is 0.273 e. The maximum atomic E-state index is 13.1. The van der Waals surface area contributed by atoms with Crippen molar-refractivity contribution in [1.29, 1.82) is 0 Å². The Balaban J connectivity index is 1.96. The average Bonchev–Trinajstić information content (AvgIpc) is 3.29. The molecule has 0 fully saturated rings. The van der Waals surface area contributed by atoms with Crippen LogP contribution in [0, 0.1) is 5.92 Å². The van der Waals surface area contributed by atoms with Crippen molar-refractivity contribution in [3.05, 3.63) is 40.5 Å². The van der Waals surface area contributed by atoms with Gasteiger partial charge in [-0.15, -0.1) is 0 Å². The zero-order chi connectivity index (χ0) is 23.6. The van der Waals surface area contributed by atoms with Gasteiger partial charge < -0.3 is 10.4 Å². The molecule has 0 unspecified atom stereocenters. The van der Waals surface area contributed by atoms with E-state index in [0.717, 1.165) is 6.42 Å². The van der Waals surface area contributed by atoms with E-state index in [0.29, 0.717) is 26.1 Å². The molecule has 0 spiro atoms. The molecule has 32 heavy (non-hydrogen) atoms. The highest BCUT2D eigenvalue weighted by Crippen LogP contribution is 2.32. The molecule has 2 aromatic heterocycles. The zero-order valence-electron chi connectivity index (χ0n) is 18.8. The van der Waals surface area contributed by atoms with E-state index in [4.69, 9.17) is 11.6 Å². The Morgan fingerprint density at radius 2 is 2.00 bits per heavy atom. The highest BCUT2D eigenvalue weighted by molar-refractivity contribution is 7.22. The summed E-state index contributed by atoms with van der Waals surface area (Å²) in [5.74, 6) is -0.617. The Morgan fingerprint density at radius 3 is 2.59 bits per heavy atom. The number of rotatable bonds is 7. The first kappa shape index (κ1) is 24.2. The van der Waals surface area contributed by atoms with Gasteiger partial charge in [0, 0.05) is 10.6 Å². The largest absolute Gasteiger partial charge is 0.394 e. The average molecular weight is 478 g/mol. The van der Waals surface area contributed by atoms with Gasteiger partial charge in [-0.25, -0.2) is 4.68 Å². The van der Waals surface area contributed by atoms with Gasteiger partial charge >= 0.3 is 0 Å². The van der Waals surface area contributed by atoms with Crippen LogP contribution in [0.2, 0.25) is 5.02 Å². The number of nitrogens with zero attached hydrogens (tertiary/aromatic N) is 3. The number of carbonyl (C=O) groups excluding carboxylic acids is 2. The number of nitrogens with one attached hydrogen (secondary N) is 2. The first-order valence-electron chi connectivity index (χ1n) is 10.4. The van der Waals surface area contributed by atoms with Crippen molar-refractivity contribution in [2.45, 2.75) is 52.6 Å². The van der Waals surface area contributed by atoms with E-state index in [1.807, 2.05) is 34.6 Å². The highest BCUT2D eigenvalue weighted by atomic mass is 35.5. The van der Waals surface area contributed by atoms with Gasteiger partial charge in [-0.2, -0.15) is 10.1 Å². The predicted octanol–water partition coefficient (Wildman–Crippen LogP) is 4.29. The molecule has 0 aliphatic carbocycles. The lowest BCUT2D eigenvalue weighted by atomic mass is 10.00. The maximum absolute atomic E-state index is 13.1. The van der Waals surface area contributed by atoms with Gasteiger partial charge in [-0.3, -0.25) is 14.9 Å². The molecule has 8 nitrogen and oxygen atoms in total. The van der Waals surface area contributed by atoms with Crippen LogP contribution >= 0.6 is 22.9 Å². The van der Waals surface area contributed by atoms with Crippen LogP contribution in [0.4, 0.5) is 5.13 Å². The number of benzene rings is 1. The number of amides is 2. The van der Waals surface area contributed by atoms with Crippen LogP contribution in [-0.2, 0) is 5.54 Å². The van der Waals surface area contributed by atoms with Gasteiger partial charge in [-0.05, 0) is 44.9 Å². The molecule has 0 radical (unpaired) electrons. The van der Waals surface area contributed by atoms with Crippen LogP contribution in [0.3, 0.4) is 0 Å². The summed E-state index contributed by atoms with van der Waals surface area (Å²) in [5, 5.41) is 20.7.